The monoisotopic (exact) mass is 465 g/mol. The highest BCUT2D eigenvalue weighted by molar-refractivity contribution is 7.13. The molecule has 8 heteroatoms. The first-order valence-corrected chi connectivity index (χ1v) is 12.2. The zero-order valence-corrected chi connectivity index (χ0v) is 20.3. The Labute approximate surface area is 191 Å². The lowest BCUT2D eigenvalue weighted by Crippen LogP contribution is -2.44. The van der Waals surface area contributed by atoms with Crippen LogP contribution in [0.1, 0.15) is 61.1 Å². The maximum Gasteiger partial charge on any atom is 0.410 e. The minimum atomic E-state index is -1.79. The number of amides is 1. The van der Waals surface area contributed by atoms with Gasteiger partial charge in [-0.15, -0.1) is 22.7 Å². The number of esters is 1. The van der Waals surface area contributed by atoms with Crippen LogP contribution in [0.3, 0.4) is 0 Å². The fraction of sp³-hybridized carbons (Fsp3) is 0.565. The van der Waals surface area contributed by atoms with E-state index in [0.717, 1.165) is 4.88 Å². The maximum absolute atomic E-state index is 13.2. The number of aliphatic hydroxyl groups is 1. The Bertz CT molecular complexity index is 893. The fourth-order valence-electron chi connectivity index (χ4n) is 3.71. The van der Waals surface area contributed by atoms with Gasteiger partial charge in [0.2, 0.25) is 5.60 Å². The molecule has 170 valence electrons. The van der Waals surface area contributed by atoms with Crippen LogP contribution in [-0.2, 0) is 19.9 Å². The smallest absolute Gasteiger partial charge is 0.410 e. The molecule has 31 heavy (non-hydrogen) atoms. The molecule has 1 aliphatic rings. The summed E-state index contributed by atoms with van der Waals surface area (Å²) in [5.41, 5.74) is -2.33. The van der Waals surface area contributed by atoms with E-state index in [0.29, 0.717) is 35.4 Å². The summed E-state index contributed by atoms with van der Waals surface area (Å²) in [7, 11) is 1.75. The van der Waals surface area contributed by atoms with Crippen LogP contribution < -0.4 is 0 Å². The molecule has 0 radical (unpaired) electrons. The summed E-state index contributed by atoms with van der Waals surface area (Å²) in [6.45, 7) is 7.48. The zero-order chi connectivity index (χ0) is 22.8. The molecule has 2 heterocycles. The molecule has 1 amide bonds. The molecule has 6 nitrogen and oxygen atoms in total. The first kappa shape index (κ1) is 23.8. The van der Waals surface area contributed by atoms with Crippen molar-refractivity contribution in [3.63, 3.8) is 0 Å². The van der Waals surface area contributed by atoms with Crippen LogP contribution in [0.15, 0.2) is 29.6 Å². The molecule has 0 aromatic carbocycles. The Morgan fingerprint density at radius 1 is 1.10 bits per heavy atom. The highest BCUT2D eigenvalue weighted by Gasteiger charge is 2.45. The van der Waals surface area contributed by atoms with E-state index in [-0.39, 0.29) is 18.2 Å². The van der Waals surface area contributed by atoms with Gasteiger partial charge in [0.15, 0.2) is 0 Å². The van der Waals surface area contributed by atoms with Gasteiger partial charge in [-0.05, 0) is 77.0 Å². The Morgan fingerprint density at radius 3 is 2.29 bits per heavy atom. The van der Waals surface area contributed by atoms with Gasteiger partial charge in [-0.25, -0.2) is 9.59 Å². The third-order valence-corrected chi connectivity index (χ3v) is 7.50. The highest BCUT2D eigenvalue weighted by Crippen LogP contribution is 2.39. The normalized spacial score (nSPS) is 21.2. The molecule has 1 atom stereocenters. The number of rotatable bonds is 5. The maximum atomic E-state index is 13.2. The van der Waals surface area contributed by atoms with Gasteiger partial charge in [0, 0.05) is 18.0 Å². The lowest BCUT2D eigenvalue weighted by Gasteiger charge is -2.36. The summed E-state index contributed by atoms with van der Waals surface area (Å²) in [5.74, 6) is -0.638. The molecule has 1 saturated carbocycles. The van der Waals surface area contributed by atoms with E-state index in [4.69, 9.17) is 9.47 Å². The third-order valence-electron chi connectivity index (χ3n) is 5.42. The number of carbonyl (C=O) groups excluding carboxylic acids is 2. The Kier molecular flexibility index (Phi) is 7.13. The van der Waals surface area contributed by atoms with Crippen molar-refractivity contribution >= 4 is 34.7 Å². The summed E-state index contributed by atoms with van der Waals surface area (Å²) < 4.78 is 11.3. The van der Waals surface area contributed by atoms with Crippen molar-refractivity contribution in [3.05, 3.63) is 44.3 Å². The third kappa shape index (κ3) is 5.48. The second-order valence-electron chi connectivity index (χ2n) is 9.03. The lowest BCUT2D eigenvalue weighted by molar-refractivity contribution is -0.169. The molecule has 0 aliphatic heterocycles. The minimum absolute atomic E-state index is 0.0425. The topological polar surface area (TPSA) is 76.1 Å². The molecule has 3 rings (SSSR count). The molecule has 2 aromatic rings. The molecule has 2 aromatic heterocycles. The molecule has 1 aliphatic carbocycles. The van der Waals surface area contributed by atoms with E-state index in [1.165, 1.54) is 22.7 Å². The van der Waals surface area contributed by atoms with Crippen LogP contribution in [0.5, 0.6) is 0 Å². The summed E-state index contributed by atoms with van der Waals surface area (Å²) in [6.07, 6.45) is 2.06. The predicted octanol–water partition coefficient (Wildman–Crippen LogP) is 5.08. The average molecular weight is 466 g/mol. The largest absolute Gasteiger partial charge is 0.460 e. The number of hydrogen-bond acceptors (Lipinski definition) is 7. The first-order chi connectivity index (χ1) is 14.5. The summed E-state index contributed by atoms with van der Waals surface area (Å²) in [5, 5.41) is 13.3. The van der Waals surface area contributed by atoms with Crippen molar-refractivity contribution in [2.45, 2.75) is 76.7 Å². The van der Waals surface area contributed by atoms with Crippen LogP contribution in [0.4, 0.5) is 4.79 Å². The van der Waals surface area contributed by atoms with E-state index in [9.17, 15) is 14.7 Å². The van der Waals surface area contributed by atoms with Crippen molar-refractivity contribution < 1.29 is 24.2 Å². The van der Waals surface area contributed by atoms with Crippen LogP contribution >= 0.6 is 22.7 Å². The van der Waals surface area contributed by atoms with Crippen molar-refractivity contribution in [1.29, 1.82) is 0 Å². The van der Waals surface area contributed by atoms with E-state index < -0.39 is 17.2 Å². The predicted molar refractivity (Wildman–Crippen MR) is 123 cm³/mol. The highest BCUT2D eigenvalue weighted by atomic mass is 32.1. The molecule has 0 saturated heterocycles. The number of thiophene rings is 2. The van der Waals surface area contributed by atoms with Gasteiger partial charge in [0.25, 0.3) is 0 Å². The average Bonchev–Trinajstić information content (AvgIpc) is 3.38. The van der Waals surface area contributed by atoms with Gasteiger partial charge >= 0.3 is 12.1 Å². The van der Waals surface area contributed by atoms with Gasteiger partial charge in [-0.1, -0.05) is 6.07 Å². The van der Waals surface area contributed by atoms with Crippen molar-refractivity contribution in [2.75, 3.05) is 7.05 Å². The molecule has 0 spiro atoms. The number of aryl methyl sites for hydroxylation is 1. The number of hydrogen-bond donors (Lipinski definition) is 1. The van der Waals surface area contributed by atoms with Crippen molar-refractivity contribution in [1.82, 2.24) is 4.90 Å². The van der Waals surface area contributed by atoms with Crippen LogP contribution in [-0.4, -0.2) is 46.9 Å². The van der Waals surface area contributed by atoms with Crippen LogP contribution in [0.25, 0.3) is 0 Å². The molecule has 1 fully saturated rings. The summed E-state index contributed by atoms with van der Waals surface area (Å²) in [4.78, 5) is 29.3. The standard InChI is InChI=1S/C23H31NO5S2/c1-15-8-13-19(31-15)23(27,18-7-6-14-30-18)20(25)28-17-11-9-16(10-12-17)24(5)21(26)29-22(2,3)4/h6-8,13-14,16-17,27H,9-12H2,1-5H3. The SMILES string of the molecule is Cc1ccc(C(O)(C(=O)OC2CCC(N(C)C(=O)OC(C)(C)C)CC2)c2cccs2)s1. The summed E-state index contributed by atoms with van der Waals surface area (Å²) in [6, 6.07) is 7.29. The lowest BCUT2D eigenvalue weighted by atomic mass is 9.91. The Morgan fingerprint density at radius 2 is 1.77 bits per heavy atom. The van der Waals surface area contributed by atoms with Gasteiger partial charge < -0.3 is 19.5 Å². The van der Waals surface area contributed by atoms with Gasteiger partial charge in [0.1, 0.15) is 11.7 Å². The van der Waals surface area contributed by atoms with Crippen molar-refractivity contribution in [3.8, 4) is 0 Å². The van der Waals surface area contributed by atoms with Gasteiger partial charge in [-0.3, -0.25) is 0 Å². The Balaban J connectivity index is 1.64. The molecule has 1 unspecified atom stereocenters. The van der Waals surface area contributed by atoms with E-state index in [1.807, 2.05) is 45.2 Å². The van der Waals surface area contributed by atoms with Gasteiger partial charge in [-0.2, -0.15) is 0 Å². The molecule has 1 N–H and O–H groups in total. The Hall–Kier alpha value is -1.90. The van der Waals surface area contributed by atoms with E-state index in [1.54, 1.807) is 24.1 Å². The quantitative estimate of drug-likeness (QED) is 0.624. The van der Waals surface area contributed by atoms with Crippen LogP contribution in [0, 0.1) is 6.92 Å². The second-order valence-corrected chi connectivity index (χ2v) is 11.3. The van der Waals surface area contributed by atoms with E-state index in [2.05, 4.69) is 0 Å². The number of nitrogens with zero attached hydrogens (tertiary/aromatic N) is 1. The van der Waals surface area contributed by atoms with Gasteiger partial charge in [0.05, 0.1) is 9.75 Å². The zero-order valence-electron chi connectivity index (χ0n) is 18.7. The number of ether oxygens (including phenoxy) is 2. The minimum Gasteiger partial charge on any atom is -0.460 e. The summed E-state index contributed by atoms with van der Waals surface area (Å²) >= 11 is 2.73. The molecular formula is C23H31NO5S2. The first-order valence-electron chi connectivity index (χ1n) is 10.5. The fourth-order valence-corrected chi connectivity index (χ4v) is 5.56. The molecule has 0 bridgehead atoms. The van der Waals surface area contributed by atoms with E-state index >= 15 is 0 Å². The molecular weight excluding hydrogens is 434 g/mol. The second kappa shape index (κ2) is 9.30. The van der Waals surface area contributed by atoms with Crippen molar-refractivity contribution in [2.24, 2.45) is 0 Å². The van der Waals surface area contributed by atoms with Crippen LogP contribution in [0.2, 0.25) is 0 Å². The number of carbonyl (C=O) groups is 2.